The Morgan fingerprint density at radius 1 is 1.37 bits per heavy atom. The smallest absolute Gasteiger partial charge is 0.372 e. The minimum absolute atomic E-state index is 0.00436. The normalized spacial score (nSPS) is 35.8. The third kappa shape index (κ3) is 1.73. The van der Waals surface area contributed by atoms with Gasteiger partial charge in [0.1, 0.15) is 0 Å². The molecule has 0 unspecified atom stereocenters. The number of aliphatic hydroxyl groups is 1. The largest absolute Gasteiger partial charge is 0.475 e. The van der Waals surface area contributed by atoms with Crippen molar-refractivity contribution in [3.63, 3.8) is 0 Å². The fourth-order valence-electron chi connectivity index (χ4n) is 4.25. The predicted molar refractivity (Wildman–Crippen MR) is 69.0 cm³/mol. The van der Waals surface area contributed by atoms with Gasteiger partial charge in [0.25, 0.3) is 0 Å². The SMILES string of the molecule is C[C@@H]1c2c(coc2C(=O)O)[C@@H](O)[C@@H]2CC(C)(C)C[C@@H]21. The van der Waals surface area contributed by atoms with Crippen LogP contribution < -0.4 is 0 Å². The molecule has 0 amide bonds. The summed E-state index contributed by atoms with van der Waals surface area (Å²) in [5, 5.41) is 19.7. The van der Waals surface area contributed by atoms with Gasteiger partial charge in [0.2, 0.25) is 5.76 Å². The number of hydrogen-bond acceptors (Lipinski definition) is 3. The first kappa shape index (κ1) is 12.7. The average Bonchev–Trinajstić information content (AvgIpc) is 2.87. The predicted octanol–water partition coefficient (Wildman–Crippen LogP) is 3.18. The van der Waals surface area contributed by atoms with Crippen molar-refractivity contribution < 1.29 is 19.4 Å². The Balaban J connectivity index is 2.08. The second kappa shape index (κ2) is 3.85. The van der Waals surface area contributed by atoms with Crippen LogP contribution >= 0.6 is 0 Å². The van der Waals surface area contributed by atoms with E-state index in [1.165, 1.54) is 6.26 Å². The van der Waals surface area contributed by atoms with E-state index in [4.69, 9.17) is 4.42 Å². The van der Waals surface area contributed by atoms with E-state index in [1.54, 1.807) is 0 Å². The number of carboxylic acid groups (broad SMARTS) is 1. The van der Waals surface area contributed by atoms with E-state index in [9.17, 15) is 15.0 Å². The van der Waals surface area contributed by atoms with Crippen LogP contribution in [-0.4, -0.2) is 16.2 Å². The van der Waals surface area contributed by atoms with Crippen molar-refractivity contribution in [2.24, 2.45) is 17.3 Å². The molecule has 1 fully saturated rings. The molecule has 4 nitrogen and oxygen atoms in total. The van der Waals surface area contributed by atoms with Gasteiger partial charge < -0.3 is 14.6 Å². The first-order valence-corrected chi connectivity index (χ1v) is 6.84. The maximum Gasteiger partial charge on any atom is 0.372 e. The van der Waals surface area contributed by atoms with Crippen molar-refractivity contribution in [3.05, 3.63) is 23.2 Å². The van der Waals surface area contributed by atoms with Crippen LogP contribution in [0.4, 0.5) is 0 Å². The van der Waals surface area contributed by atoms with Gasteiger partial charge in [0.15, 0.2) is 0 Å². The minimum atomic E-state index is -1.05. The van der Waals surface area contributed by atoms with Crippen LogP contribution in [0.1, 0.15) is 67.3 Å². The van der Waals surface area contributed by atoms with Crippen LogP contribution in [0.5, 0.6) is 0 Å². The second-order valence-corrected chi connectivity index (χ2v) is 6.87. The Kier molecular flexibility index (Phi) is 2.58. The van der Waals surface area contributed by atoms with E-state index >= 15 is 0 Å². The highest BCUT2D eigenvalue weighted by atomic mass is 16.4. The molecule has 0 spiro atoms. The molecule has 2 aliphatic rings. The van der Waals surface area contributed by atoms with E-state index in [2.05, 4.69) is 20.8 Å². The number of rotatable bonds is 1. The van der Waals surface area contributed by atoms with Crippen LogP contribution in [0.15, 0.2) is 10.7 Å². The van der Waals surface area contributed by atoms with E-state index in [0.717, 1.165) is 12.8 Å². The van der Waals surface area contributed by atoms with Crippen molar-refractivity contribution in [1.82, 2.24) is 0 Å². The summed E-state index contributed by atoms with van der Waals surface area (Å²) in [5.74, 6) is -0.347. The van der Waals surface area contributed by atoms with Crippen molar-refractivity contribution in [2.75, 3.05) is 0 Å². The molecule has 0 aliphatic heterocycles. The highest BCUT2D eigenvalue weighted by molar-refractivity contribution is 5.87. The zero-order valence-corrected chi connectivity index (χ0v) is 11.5. The number of carbonyl (C=O) groups is 1. The summed E-state index contributed by atoms with van der Waals surface area (Å²) in [6.07, 6.45) is 2.85. The number of fused-ring (bicyclic) bond motifs is 2. The van der Waals surface area contributed by atoms with Gasteiger partial charge in [-0.1, -0.05) is 20.8 Å². The molecule has 0 radical (unpaired) electrons. The standard InChI is InChI=1S/C15H20O4/c1-7-8-4-15(2,3)5-9(8)12(16)10-6-19-13(11(7)10)14(17)18/h6-9,12,16H,4-5H2,1-3H3,(H,17,18)/t7-,8+,9+,12-/m0/s1. The van der Waals surface area contributed by atoms with Crippen molar-refractivity contribution in [2.45, 2.75) is 45.6 Å². The van der Waals surface area contributed by atoms with Gasteiger partial charge in [-0.3, -0.25) is 0 Å². The molecule has 0 saturated heterocycles. The zero-order valence-electron chi connectivity index (χ0n) is 11.5. The van der Waals surface area contributed by atoms with Gasteiger partial charge in [-0.05, 0) is 36.0 Å². The highest BCUT2D eigenvalue weighted by Gasteiger charge is 2.50. The third-order valence-corrected chi connectivity index (χ3v) is 5.00. The van der Waals surface area contributed by atoms with Gasteiger partial charge >= 0.3 is 5.97 Å². The molecule has 1 aromatic heterocycles. The quantitative estimate of drug-likeness (QED) is 0.817. The Hall–Kier alpha value is -1.29. The molecule has 2 aliphatic carbocycles. The van der Waals surface area contributed by atoms with Crippen molar-refractivity contribution in [3.8, 4) is 0 Å². The Bertz CT molecular complexity index is 528. The van der Waals surface area contributed by atoms with E-state index in [0.29, 0.717) is 17.0 Å². The van der Waals surface area contributed by atoms with E-state index in [-0.39, 0.29) is 23.0 Å². The third-order valence-electron chi connectivity index (χ3n) is 5.00. The number of furan rings is 1. The fraction of sp³-hybridized carbons (Fsp3) is 0.667. The summed E-state index contributed by atoms with van der Waals surface area (Å²) >= 11 is 0. The molecule has 104 valence electrons. The van der Waals surface area contributed by atoms with Gasteiger partial charge in [-0.2, -0.15) is 0 Å². The lowest BCUT2D eigenvalue weighted by molar-refractivity contribution is 0.0616. The lowest BCUT2D eigenvalue weighted by Gasteiger charge is -2.35. The van der Waals surface area contributed by atoms with Gasteiger partial charge in [0, 0.05) is 11.1 Å². The van der Waals surface area contributed by atoms with Crippen LogP contribution in [0.3, 0.4) is 0 Å². The second-order valence-electron chi connectivity index (χ2n) is 6.87. The number of aromatic carboxylic acids is 1. The molecule has 19 heavy (non-hydrogen) atoms. The molecule has 0 bridgehead atoms. The number of hydrogen-bond donors (Lipinski definition) is 2. The van der Waals surface area contributed by atoms with E-state index < -0.39 is 12.1 Å². The van der Waals surface area contributed by atoms with E-state index in [1.807, 2.05) is 0 Å². The molecule has 4 atom stereocenters. The monoisotopic (exact) mass is 264 g/mol. The fourth-order valence-corrected chi connectivity index (χ4v) is 4.25. The summed E-state index contributed by atoms with van der Waals surface area (Å²) in [4.78, 5) is 11.2. The molecule has 1 heterocycles. The van der Waals surface area contributed by atoms with Crippen LogP contribution in [0, 0.1) is 17.3 Å². The Labute approximate surface area is 112 Å². The first-order valence-electron chi connectivity index (χ1n) is 6.84. The van der Waals surface area contributed by atoms with Crippen LogP contribution in [0.25, 0.3) is 0 Å². The molecule has 3 rings (SSSR count). The number of aliphatic hydroxyl groups excluding tert-OH is 1. The van der Waals surface area contributed by atoms with Crippen molar-refractivity contribution >= 4 is 5.97 Å². The summed E-state index contributed by atoms with van der Waals surface area (Å²) in [7, 11) is 0. The topological polar surface area (TPSA) is 70.7 Å². The summed E-state index contributed by atoms with van der Waals surface area (Å²) in [6.45, 7) is 6.50. The zero-order chi connectivity index (χ0) is 13.9. The maximum atomic E-state index is 11.2. The lowest BCUT2D eigenvalue weighted by atomic mass is 9.70. The number of carboxylic acids is 1. The lowest BCUT2D eigenvalue weighted by Crippen LogP contribution is -2.28. The summed E-state index contributed by atoms with van der Waals surface area (Å²) in [6, 6.07) is 0. The summed E-state index contributed by atoms with van der Waals surface area (Å²) < 4.78 is 5.18. The molecule has 1 aromatic rings. The Morgan fingerprint density at radius 2 is 2.00 bits per heavy atom. The van der Waals surface area contributed by atoms with Gasteiger partial charge in [0.05, 0.1) is 12.4 Å². The Morgan fingerprint density at radius 3 is 2.63 bits per heavy atom. The maximum absolute atomic E-state index is 11.2. The molecule has 2 N–H and O–H groups in total. The van der Waals surface area contributed by atoms with Gasteiger partial charge in [-0.15, -0.1) is 0 Å². The molecule has 4 heteroatoms. The van der Waals surface area contributed by atoms with Crippen LogP contribution in [-0.2, 0) is 0 Å². The van der Waals surface area contributed by atoms with Crippen molar-refractivity contribution in [1.29, 1.82) is 0 Å². The van der Waals surface area contributed by atoms with Gasteiger partial charge in [-0.25, -0.2) is 4.79 Å². The first-order chi connectivity index (χ1) is 8.82. The minimum Gasteiger partial charge on any atom is -0.475 e. The summed E-state index contributed by atoms with van der Waals surface area (Å²) in [5.41, 5.74) is 1.61. The van der Waals surface area contributed by atoms with Crippen LogP contribution in [0.2, 0.25) is 0 Å². The molecular formula is C15H20O4. The molecule has 1 saturated carbocycles. The molecule has 0 aromatic carbocycles. The average molecular weight is 264 g/mol. The molecular weight excluding hydrogens is 244 g/mol. The highest BCUT2D eigenvalue weighted by Crippen LogP contribution is 2.59.